The highest BCUT2D eigenvalue weighted by molar-refractivity contribution is 7.12. The molecule has 0 bridgehead atoms. The smallest absolute Gasteiger partial charge is 0.272 e. The van der Waals surface area contributed by atoms with Crippen LogP contribution < -0.4 is 5.56 Å². The van der Waals surface area contributed by atoms with Crippen molar-refractivity contribution in [3.8, 4) is 0 Å². The molecule has 154 valence electrons. The van der Waals surface area contributed by atoms with Gasteiger partial charge in [0.1, 0.15) is 11.5 Å². The van der Waals surface area contributed by atoms with E-state index < -0.39 is 0 Å². The fraction of sp³-hybridized carbons (Fsp3) is 0.350. The van der Waals surface area contributed by atoms with Crippen LogP contribution in [0.1, 0.15) is 56.1 Å². The summed E-state index contributed by atoms with van der Waals surface area (Å²) in [6, 6.07) is 5.00. The average Bonchev–Trinajstić information content (AvgIpc) is 3.54. The van der Waals surface area contributed by atoms with Gasteiger partial charge in [0.25, 0.3) is 17.4 Å². The zero-order valence-corrected chi connectivity index (χ0v) is 16.9. The molecule has 3 aromatic heterocycles. The van der Waals surface area contributed by atoms with Crippen LogP contribution in [0, 0.1) is 0 Å². The summed E-state index contributed by atoms with van der Waals surface area (Å²) >= 11 is 1.39. The number of nitrogens with one attached hydrogen (secondary N) is 2. The number of carbonyl (C=O) groups is 2. The molecule has 10 heteroatoms. The Labute approximate surface area is 175 Å². The standard InChI is InChI=1S/C20H20N6O3S/c27-18-12-11-25(20(29)16-4-2-10-30-16)9-6-13(12)22-17(23-18)15-3-1-8-26(15)19(28)14-5-7-21-24-14/h2,4-5,7,10,15H,1,3,6,8-9,11H2,(H,21,24)(H,22,23,27)/t15-/m1/s1. The van der Waals surface area contributed by atoms with E-state index in [2.05, 4.69) is 15.2 Å². The summed E-state index contributed by atoms with van der Waals surface area (Å²) in [6.45, 7) is 1.36. The van der Waals surface area contributed by atoms with Gasteiger partial charge in [-0.2, -0.15) is 5.10 Å². The molecule has 1 fully saturated rings. The number of aromatic amines is 2. The van der Waals surface area contributed by atoms with E-state index in [-0.39, 0.29) is 30.0 Å². The van der Waals surface area contributed by atoms with Crippen LogP contribution in [0.3, 0.4) is 0 Å². The Balaban J connectivity index is 1.40. The maximum absolute atomic E-state index is 12.9. The molecule has 2 aliphatic rings. The van der Waals surface area contributed by atoms with Gasteiger partial charge in [-0.25, -0.2) is 4.98 Å². The van der Waals surface area contributed by atoms with Crippen molar-refractivity contribution in [2.24, 2.45) is 0 Å². The minimum atomic E-state index is -0.274. The predicted octanol–water partition coefficient (Wildman–Crippen LogP) is 1.73. The number of rotatable bonds is 3. The third-order valence-electron chi connectivity index (χ3n) is 5.67. The van der Waals surface area contributed by atoms with Crippen LogP contribution in [-0.2, 0) is 13.0 Å². The van der Waals surface area contributed by atoms with Crippen LogP contribution in [0.15, 0.2) is 34.6 Å². The van der Waals surface area contributed by atoms with Gasteiger partial charge in [-0.15, -0.1) is 11.3 Å². The number of fused-ring (bicyclic) bond motifs is 1. The van der Waals surface area contributed by atoms with Gasteiger partial charge < -0.3 is 14.8 Å². The highest BCUT2D eigenvalue weighted by Gasteiger charge is 2.34. The summed E-state index contributed by atoms with van der Waals surface area (Å²) in [4.78, 5) is 50.0. The van der Waals surface area contributed by atoms with Gasteiger partial charge in [0.15, 0.2) is 0 Å². The molecule has 0 unspecified atom stereocenters. The molecule has 5 rings (SSSR count). The molecule has 1 atom stereocenters. The molecule has 3 aromatic rings. The first kappa shape index (κ1) is 18.7. The van der Waals surface area contributed by atoms with E-state index in [0.717, 1.165) is 12.8 Å². The molecular formula is C20H20N6O3S. The molecule has 2 amide bonds. The van der Waals surface area contributed by atoms with Crippen LogP contribution in [-0.4, -0.2) is 54.9 Å². The van der Waals surface area contributed by atoms with Crippen molar-refractivity contribution in [2.75, 3.05) is 13.1 Å². The molecule has 0 aromatic carbocycles. The molecule has 0 saturated carbocycles. The summed E-state index contributed by atoms with van der Waals surface area (Å²) in [5, 5.41) is 8.42. The Kier molecular flexibility index (Phi) is 4.70. The van der Waals surface area contributed by atoms with Crippen LogP contribution in [0.4, 0.5) is 0 Å². The molecule has 9 nitrogen and oxygen atoms in total. The highest BCUT2D eigenvalue weighted by Crippen LogP contribution is 2.31. The summed E-state index contributed by atoms with van der Waals surface area (Å²) in [6.07, 6.45) is 3.64. The van der Waals surface area contributed by atoms with Crippen molar-refractivity contribution >= 4 is 23.2 Å². The molecule has 5 heterocycles. The molecule has 30 heavy (non-hydrogen) atoms. The number of H-pyrrole nitrogens is 2. The van der Waals surface area contributed by atoms with Crippen molar-refractivity contribution in [3.63, 3.8) is 0 Å². The van der Waals surface area contributed by atoms with Gasteiger partial charge in [0.05, 0.1) is 28.7 Å². The second-order valence-electron chi connectivity index (χ2n) is 7.46. The molecule has 0 spiro atoms. The summed E-state index contributed by atoms with van der Waals surface area (Å²) in [7, 11) is 0. The van der Waals surface area contributed by atoms with Gasteiger partial charge >= 0.3 is 0 Å². The van der Waals surface area contributed by atoms with Gasteiger partial charge in [0.2, 0.25) is 0 Å². The number of aromatic nitrogens is 4. The van der Waals surface area contributed by atoms with Crippen LogP contribution in [0.25, 0.3) is 0 Å². The van der Waals surface area contributed by atoms with E-state index in [1.165, 1.54) is 11.3 Å². The van der Waals surface area contributed by atoms with Crippen molar-refractivity contribution in [3.05, 3.63) is 67.8 Å². The predicted molar refractivity (Wildman–Crippen MR) is 109 cm³/mol. The SMILES string of the molecule is O=C(c1cccs1)N1CCc2nc([C@H]3CCCN3C(=O)c3ccn[nH]3)[nH]c(=O)c2C1. The molecule has 1 saturated heterocycles. The number of hydrogen-bond donors (Lipinski definition) is 2. The Morgan fingerprint density at radius 1 is 1.20 bits per heavy atom. The van der Waals surface area contributed by atoms with E-state index in [1.807, 2.05) is 11.4 Å². The van der Waals surface area contributed by atoms with Crippen molar-refractivity contribution in [1.29, 1.82) is 0 Å². The minimum Gasteiger partial charge on any atom is -0.333 e. The van der Waals surface area contributed by atoms with Crippen molar-refractivity contribution in [1.82, 2.24) is 30.0 Å². The number of thiophene rings is 1. The summed E-state index contributed by atoms with van der Waals surface area (Å²) < 4.78 is 0. The zero-order chi connectivity index (χ0) is 20.7. The van der Waals surface area contributed by atoms with Crippen molar-refractivity contribution in [2.45, 2.75) is 31.8 Å². The Hall–Kier alpha value is -3.27. The maximum atomic E-state index is 12.9. The van der Waals surface area contributed by atoms with Gasteiger partial charge in [-0.3, -0.25) is 19.5 Å². The van der Waals surface area contributed by atoms with Gasteiger partial charge in [-0.1, -0.05) is 6.07 Å². The van der Waals surface area contributed by atoms with Crippen molar-refractivity contribution < 1.29 is 9.59 Å². The quantitative estimate of drug-likeness (QED) is 0.664. The third-order valence-corrected chi connectivity index (χ3v) is 6.52. The van der Waals surface area contributed by atoms with E-state index >= 15 is 0 Å². The fourth-order valence-corrected chi connectivity index (χ4v) is 4.85. The third kappa shape index (κ3) is 3.22. The van der Waals surface area contributed by atoms with E-state index in [1.54, 1.807) is 28.1 Å². The number of amides is 2. The summed E-state index contributed by atoms with van der Waals surface area (Å²) in [5.74, 6) is 0.302. The molecule has 2 aliphatic heterocycles. The molecule has 2 N–H and O–H groups in total. The second-order valence-corrected chi connectivity index (χ2v) is 8.41. The van der Waals surface area contributed by atoms with Crippen LogP contribution in [0.5, 0.6) is 0 Å². The van der Waals surface area contributed by atoms with Crippen LogP contribution in [0.2, 0.25) is 0 Å². The topological polar surface area (TPSA) is 115 Å². The summed E-state index contributed by atoms with van der Waals surface area (Å²) in [5.41, 5.74) is 1.42. The van der Waals surface area contributed by atoms with E-state index in [0.29, 0.717) is 47.2 Å². The lowest BCUT2D eigenvalue weighted by molar-refractivity contribution is 0.0714. The molecular weight excluding hydrogens is 404 g/mol. The first-order valence-corrected chi connectivity index (χ1v) is 10.7. The number of hydrogen-bond acceptors (Lipinski definition) is 6. The van der Waals surface area contributed by atoms with E-state index in [4.69, 9.17) is 4.98 Å². The minimum absolute atomic E-state index is 0.0637. The first-order valence-electron chi connectivity index (χ1n) is 9.87. The lowest BCUT2D eigenvalue weighted by atomic mass is 10.1. The first-order chi connectivity index (χ1) is 14.6. The number of likely N-dealkylation sites (tertiary alicyclic amines) is 1. The maximum Gasteiger partial charge on any atom is 0.272 e. The Morgan fingerprint density at radius 3 is 2.87 bits per heavy atom. The van der Waals surface area contributed by atoms with Gasteiger partial charge in [-0.05, 0) is 30.4 Å². The zero-order valence-electron chi connectivity index (χ0n) is 16.1. The molecule has 0 aliphatic carbocycles. The van der Waals surface area contributed by atoms with Crippen LogP contribution >= 0.6 is 11.3 Å². The Morgan fingerprint density at radius 2 is 2.10 bits per heavy atom. The average molecular weight is 424 g/mol. The lowest BCUT2D eigenvalue weighted by Crippen LogP contribution is -2.40. The fourth-order valence-electron chi connectivity index (χ4n) is 4.16. The Bertz CT molecular complexity index is 1140. The largest absolute Gasteiger partial charge is 0.333 e. The second kappa shape index (κ2) is 7.52. The number of carbonyl (C=O) groups excluding carboxylic acids is 2. The van der Waals surface area contributed by atoms with Gasteiger partial charge in [0, 0.05) is 25.7 Å². The number of nitrogens with zero attached hydrogens (tertiary/aromatic N) is 4. The normalized spacial score (nSPS) is 18.5. The molecule has 0 radical (unpaired) electrons. The highest BCUT2D eigenvalue weighted by atomic mass is 32.1. The lowest BCUT2D eigenvalue weighted by Gasteiger charge is -2.29. The van der Waals surface area contributed by atoms with E-state index in [9.17, 15) is 14.4 Å². The monoisotopic (exact) mass is 424 g/mol.